The van der Waals surface area contributed by atoms with Gasteiger partial charge in [0.05, 0.1) is 29.8 Å². The van der Waals surface area contributed by atoms with Crippen LogP contribution in [0.15, 0.2) is 46.6 Å². The Hall–Kier alpha value is -3.10. The molecule has 1 unspecified atom stereocenters. The van der Waals surface area contributed by atoms with Crippen molar-refractivity contribution in [3.05, 3.63) is 56.7 Å². The largest absolute Gasteiger partial charge is 0.457 e. The van der Waals surface area contributed by atoms with Gasteiger partial charge in [-0.3, -0.25) is 15.0 Å². The second-order valence-corrected chi connectivity index (χ2v) is 7.55. The van der Waals surface area contributed by atoms with E-state index in [0.717, 1.165) is 0 Å². The van der Waals surface area contributed by atoms with E-state index in [9.17, 15) is 19.7 Å². The lowest BCUT2D eigenvalue weighted by molar-refractivity contribution is -0.433. The van der Waals surface area contributed by atoms with Crippen LogP contribution in [0.2, 0.25) is 0 Å². The number of amides is 1. The number of ether oxygens (including phenoxy) is 2. The predicted octanol–water partition coefficient (Wildman–Crippen LogP) is 2.85. The molecule has 0 aromatic carbocycles. The van der Waals surface area contributed by atoms with Crippen molar-refractivity contribution in [3.8, 4) is 0 Å². The van der Waals surface area contributed by atoms with Gasteiger partial charge in [-0.1, -0.05) is 6.08 Å². The first-order chi connectivity index (χ1) is 13.0. The molecule has 2 aliphatic rings. The summed E-state index contributed by atoms with van der Waals surface area (Å²) in [5.74, 6) is -1.60. The summed E-state index contributed by atoms with van der Waals surface area (Å²) < 4.78 is 10.2. The maximum atomic E-state index is 12.9. The molecule has 0 aromatic rings. The highest BCUT2D eigenvalue weighted by Gasteiger charge is 2.43. The fourth-order valence-corrected chi connectivity index (χ4v) is 3.19. The highest BCUT2D eigenvalue weighted by Crippen LogP contribution is 2.37. The van der Waals surface area contributed by atoms with Gasteiger partial charge in [-0.15, -0.1) is 0 Å². The molecule has 2 rings (SSSR count). The van der Waals surface area contributed by atoms with Crippen molar-refractivity contribution < 1.29 is 24.0 Å². The number of hydrogen-bond acceptors (Lipinski definition) is 7. The Bertz CT molecular complexity index is 829. The molecule has 0 spiro atoms. The third-order valence-electron chi connectivity index (χ3n) is 4.25. The van der Waals surface area contributed by atoms with E-state index in [2.05, 4.69) is 5.32 Å². The fourth-order valence-electron chi connectivity index (χ4n) is 3.19. The van der Waals surface area contributed by atoms with E-state index in [4.69, 9.17) is 9.47 Å². The Morgan fingerprint density at radius 1 is 1.29 bits per heavy atom. The lowest BCUT2D eigenvalue weighted by Gasteiger charge is -2.32. The normalized spacial score (nSPS) is 19.9. The molecule has 9 heteroatoms. The van der Waals surface area contributed by atoms with Gasteiger partial charge < -0.3 is 14.8 Å². The van der Waals surface area contributed by atoms with Crippen LogP contribution in [0.1, 0.15) is 34.6 Å². The number of nitrogens with one attached hydrogen (secondary N) is 1. The van der Waals surface area contributed by atoms with Gasteiger partial charge in [-0.25, -0.2) is 9.59 Å². The average molecular weight is 391 g/mol. The van der Waals surface area contributed by atoms with Crippen LogP contribution >= 0.6 is 0 Å². The molecule has 0 saturated heterocycles. The lowest BCUT2D eigenvalue weighted by Crippen LogP contribution is -2.39. The van der Waals surface area contributed by atoms with Crippen molar-refractivity contribution in [2.75, 3.05) is 13.7 Å². The SMILES string of the molecule is COC(=O)N1C=CC=C(C2C(C(=O)OC(C)(C)C)=C(C)NC(C)=C2[N+](=O)[O-])C1. The number of carbonyl (C=O) groups excluding carboxylic acids is 2. The van der Waals surface area contributed by atoms with Crippen LogP contribution < -0.4 is 5.32 Å². The van der Waals surface area contributed by atoms with Crippen molar-refractivity contribution in [2.45, 2.75) is 40.2 Å². The first-order valence-electron chi connectivity index (χ1n) is 8.74. The van der Waals surface area contributed by atoms with Gasteiger partial charge in [0.1, 0.15) is 11.5 Å². The summed E-state index contributed by atoms with van der Waals surface area (Å²) in [4.78, 5) is 37.4. The van der Waals surface area contributed by atoms with Crippen molar-refractivity contribution in [1.82, 2.24) is 10.2 Å². The van der Waals surface area contributed by atoms with E-state index in [1.807, 2.05) is 0 Å². The molecule has 1 atom stereocenters. The van der Waals surface area contributed by atoms with Crippen LogP contribution in [0.4, 0.5) is 4.79 Å². The molecule has 1 N–H and O–H groups in total. The van der Waals surface area contributed by atoms with E-state index >= 15 is 0 Å². The van der Waals surface area contributed by atoms with Crippen molar-refractivity contribution in [2.24, 2.45) is 5.92 Å². The molecule has 0 radical (unpaired) electrons. The molecule has 2 aliphatic heterocycles. The van der Waals surface area contributed by atoms with Crippen LogP contribution in [-0.4, -0.2) is 41.1 Å². The summed E-state index contributed by atoms with van der Waals surface area (Å²) >= 11 is 0. The highest BCUT2D eigenvalue weighted by molar-refractivity contribution is 5.92. The zero-order valence-electron chi connectivity index (χ0n) is 16.9. The van der Waals surface area contributed by atoms with Crippen molar-refractivity contribution >= 4 is 12.1 Å². The summed E-state index contributed by atoms with van der Waals surface area (Å²) in [5, 5.41) is 14.7. The van der Waals surface area contributed by atoms with Gasteiger partial charge in [0.2, 0.25) is 0 Å². The van der Waals surface area contributed by atoms with Gasteiger partial charge in [-0.05, 0) is 46.3 Å². The van der Waals surface area contributed by atoms with Gasteiger partial charge in [0, 0.05) is 11.9 Å². The maximum Gasteiger partial charge on any atom is 0.413 e. The van der Waals surface area contributed by atoms with E-state index in [-0.39, 0.29) is 17.8 Å². The number of hydrogen-bond donors (Lipinski definition) is 1. The number of dihydropyridines is 1. The third kappa shape index (κ3) is 4.41. The molecular formula is C19H25N3O6. The number of methoxy groups -OCH3 is 1. The molecule has 28 heavy (non-hydrogen) atoms. The summed E-state index contributed by atoms with van der Waals surface area (Å²) in [7, 11) is 1.25. The molecule has 0 aliphatic carbocycles. The molecule has 9 nitrogen and oxygen atoms in total. The summed E-state index contributed by atoms with van der Waals surface area (Å²) in [6, 6.07) is 0. The number of nitrogens with zero attached hydrogens (tertiary/aromatic N) is 2. The zero-order valence-corrected chi connectivity index (χ0v) is 16.9. The number of rotatable bonds is 3. The van der Waals surface area contributed by atoms with Gasteiger partial charge in [0.15, 0.2) is 0 Å². The second-order valence-electron chi connectivity index (χ2n) is 7.55. The van der Waals surface area contributed by atoms with E-state index in [0.29, 0.717) is 17.0 Å². The quantitative estimate of drug-likeness (QED) is 0.447. The minimum absolute atomic E-state index is 0.0536. The molecular weight excluding hydrogens is 366 g/mol. The molecule has 0 saturated carbocycles. The van der Waals surface area contributed by atoms with Crippen molar-refractivity contribution in [3.63, 3.8) is 0 Å². The standard InChI is InChI=1S/C19H25N3O6/c1-11-14(17(23)28-19(3,4)5)15(16(22(25)26)12(2)20-11)13-8-7-9-21(10-13)18(24)27-6/h7-9,15,20H,10H2,1-6H3. The van der Waals surface area contributed by atoms with Crippen LogP contribution in [0.25, 0.3) is 0 Å². The van der Waals surface area contributed by atoms with Crippen molar-refractivity contribution in [1.29, 1.82) is 0 Å². The number of nitro groups is 1. The van der Waals surface area contributed by atoms with Crippen LogP contribution in [0, 0.1) is 16.0 Å². The summed E-state index contributed by atoms with van der Waals surface area (Å²) in [6.45, 7) is 8.48. The number of esters is 1. The first-order valence-corrected chi connectivity index (χ1v) is 8.74. The Kier molecular flexibility index (Phi) is 5.96. The Labute approximate surface area is 163 Å². The van der Waals surface area contributed by atoms with E-state index in [1.165, 1.54) is 18.2 Å². The van der Waals surface area contributed by atoms with Crippen LogP contribution in [0.5, 0.6) is 0 Å². The van der Waals surface area contributed by atoms with Crippen LogP contribution in [-0.2, 0) is 14.3 Å². The third-order valence-corrected chi connectivity index (χ3v) is 4.25. The second kappa shape index (κ2) is 7.87. The summed E-state index contributed by atoms with van der Waals surface area (Å²) in [5.41, 5.74) is 0.554. The predicted molar refractivity (Wildman–Crippen MR) is 101 cm³/mol. The Morgan fingerprint density at radius 2 is 1.93 bits per heavy atom. The highest BCUT2D eigenvalue weighted by atomic mass is 16.6. The minimum Gasteiger partial charge on any atom is -0.457 e. The van der Waals surface area contributed by atoms with Crippen LogP contribution in [0.3, 0.4) is 0 Å². The van der Waals surface area contributed by atoms with E-state index in [1.54, 1.807) is 46.8 Å². The lowest BCUT2D eigenvalue weighted by atomic mass is 9.82. The smallest absolute Gasteiger partial charge is 0.413 e. The Morgan fingerprint density at radius 3 is 2.46 bits per heavy atom. The monoisotopic (exact) mass is 391 g/mol. The molecule has 1 amide bonds. The van der Waals surface area contributed by atoms with E-state index < -0.39 is 28.5 Å². The molecule has 2 heterocycles. The van der Waals surface area contributed by atoms with Gasteiger partial charge in [0.25, 0.3) is 5.70 Å². The summed E-state index contributed by atoms with van der Waals surface area (Å²) in [6.07, 6.45) is 4.18. The minimum atomic E-state index is -0.955. The van der Waals surface area contributed by atoms with Gasteiger partial charge >= 0.3 is 12.1 Å². The zero-order chi connectivity index (χ0) is 21.2. The maximum absolute atomic E-state index is 12.9. The first kappa shape index (κ1) is 21.2. The number of carbonyl (C=O) groups is 2. The van der Waals surface area contributed by atoms with Gasteiger partial charge in [-0.2, -0.15) is 0 Å². The topological polar surface area (TPSA) is 111 Å². The average Bonchev–Trinajstić information content (AvgIpc) is 2.58. The Balaban J connectivity index is 2.55. The molecule has 0 fully saturated rings. The molecule has 152 valence electrons. The number of allylic oxidation sites excluding steroid dienone is 5. The fraction of sp³-hybridized carbons (Fsp3) is 0.474. The molecule has 0 aromatic heterocycles. The molecule has 0 bridgehead atoms.